The molecular formula is C25H25FN2O2. The first-order chi connectivity index (χ1) is 14.5. The normalized spacial score (nSPS) is 12.8. The standard InChI is InChI=1S/C25H25FN2O2/c1-4-30-25(29)21-20(16-10-12-18(26)13-11-16)19-9-5-7-17-8-6-14-27-23(17)24(19)28-22(21)15(2)3/h6,8,10-15H,4-5,7,9H2,1-3H3. The number of hydrogen-bond acceptors (Lipinski definition) is 4. The van der Waals surface area contributed by atoms with Gasteiger partial charge in [0.2, 0.25) is 0 Å². The van der Waals surface area contributed by atoms with Gasteiger partial charge in [-0.05, 0) is 67.0 Å². The van der Waals surface area contributed by atoms with Gasteiger partial charge in [0.1, 0.15) is 5.82 Å². The Morgan fingerprint density at radius 2 is 1.90 bits per heavy atom. The Bertz CT molecular complexity index is 1090. The summed E-state index contributed by atoms with van der Waals surface area (Å²) in [6, 6.07) is 10.3. The van der Waals surface area contributed by atoms with Gasteiger partial charge >= 0.3 is 5.97 Å². The molecule has 0 fully saturated rings. The van der Waals surface area contributed by atoms with E-state index >= 15 is 0 Å². The summed E-state index contributed by atoms with van der Waals surface area (Å²) < 4.78 is 19.1. The fraction of sp³-hybridized carbons (Fsp3) is 0.320. The number of esters is 1. The summed E-state index contributed by atoms with van der Waals surface area (Å²) in [7, 11) is 0. The number of carbonyl (C=O) groups is 1. The highest BCUT2D eigenvalue weighted by atomic mass is 19.1. The molecule has 0 amide bonds. The van der Waals surface area contributed by atoms with Gasteiger partial charge in [-0.25, -0.2) is 14.2 Å². The molecule has 0 unspecified atom stereocenters. The van der Waals surface area contributed by atoms with Gasteiger partial charge in [-0.15, -0.1) is 0 Å². The SMILES string of the molecule is CCOC(=O)c1c(C(C)C)nc2c(c1-c1ccc(F)cc1)CCCc1cccnc1-2. The molecule has 0 radical (unpaired) electrons. The summed E-state index contributed by atoms with van der Waals surface area (Å²) in [6.07, 6.45) is 4.36. The maximum atomic E-state index is 13.7. The lowest BCUT2D eigenvalue weighted by Gasteiger charge is -2.22. The van der Waals surface area contributed by atoms with Crippen LogP contribution >= 0.6 is 0 Å². The molecule has 30 heavy (non-hydrogen) atoms. The van der Waals surface area contributed by atoms with Gasteiger partial charge in [0.05, 0.1) is 29.3 Å². The number of hydrogen-bond donors (Lipinski definition) is 0. The second-order valence-corrected chi connectivity index (χ2v) is 7.82. The van der Waals surface area contributed by atoms with Crippen LogP contribution in [0.2, 0.25) is 0 Å². The van der Waals surface area contributed by atoms with Crippen LogP contribution in [-0.4, -0.2) is 22.5 Å². The molecule has 0 N–H and O–H groups in total. The molecule has 0 saturated carbocycles. The molecule has 1 aliphatic carbocycles. The van der Waals surface area contributed by atoms with Crippen molar-refractivity contribution in [2.75, 3.05) is 6.61 Å². The van der Waals surface area contributed by atoms with E-state index in [9.17, 15) is 9.18 Å². The highest BCUT2D eigenvalue weighted by molar-refractivity contribution is 6.01. The number of benzene rings is 1. The first-order valence-corrected chi connectivity index (χ1v) is 10.4. The molecule has 2 heterocycles. The second kappa shape index (κ2) is 8.34. The van der Waals surface area contributed by atoms with Crippen LogP contribution in [0.3, 0.4) is 0 Å². The van der Waals surface area contributed by atoms with E-state index in [1.54, 1.807) is 25.3 Å². The molecule has 3 aromatic rings. The third-order valence-corrected chi connectivity index (χ3v) is 5.47. The van der Waals surface area contributed by atoms with Crippen LogP contribution in [0.1, 0.15) is 60.3 Å². The molecule has 0 saturated heterocycles. The zero-order chi connectivity index (χ0) is 21.3. The van der Waals surface area contributed by atoms with Gasteiger partial charge in [0.15, 0.2) is 0 Å². The van der Waals surface area contributed by atoms with Gasteiger partial charge < -0.3 is 4.74 Å². The van der Waals surface area contributed by atoms with Crippen LogP contribution in [-0.2, 0) is 17.6 Å². The van der Waals surface area contributed by atoms with Crippen LogP contribution in [0.5, 0.6) is 0 Å². The lowest BCUT2D eigenvalue weighted by atomic mass is 9.87. The maximum Gasteiger partial charge on any atom is 0.340 e. The molecule has 0 spiro atoms. The van der Waals surface area contributed by atoms with E-state index in [2.05, 4.69) is 11.1 Å². The van der Waals surface area contributed by atoms with E-state index < -0.39 is 0 Å². The molecule has 5 heteroatoms. The summed E-state index contributed by atoms with van der Waals surface area (Å²) in [5.74, 6) is -0.696. The second-order valence-electron chi connectivity index (χ2n) is 7.82. The van der Waals surface area contributed by atoms with Crippen molar-refractivity contribution in [3.05, 3.63) is 70.8 Å². The first kappa shape index (κ1) is 20.2. The van der Waals surface area contributed by atoms with Gasteiger partial charge in [-0.3, -0.25) is 4.98 Å². The zero-order valence-corrected chi connectivity index (χ0v) is 17.5. The number of ether oxygens (including phenoxy) is 1. The number of halogens is 1. The molecule has 0 aliphatic heterocycles. The van der Waals surface area contributed by atoms with E-state index in [1.807, 2.05) is 19.9 Å². The molecule has 1 aliphatic rings. The lowest BCUT2D eigenvalue weighted by molar-refractivity contribution is 0.0525. The Morgan fingerprint density at radius 1 is 1.13 bits per heavy atom. The van der Waals surface area contributed by atoms with Crippen LogP contribution < -0.4 is 0 Å². The minimum Gasteiger partial charge on any atom is -0.462 e. The number of aryl methyl sites for hydroxylation is 1. The van der Waals surface area contributed by atoms with Gasteiger partial charge in [-0.1, -0.05) is 32.0 Å². The molecular weight excluding hydrogens is 379 g/mol. The quantitative estimate of drug-likeness (QED) is 0.521. The van der Waals surface area contributed by atoms with Crippen LogP contribution in [0.4, 0.5) is 4.39 Å². The number of aromatic nitrogens is 2. The van der Waals surface area contributed by atoms with E-state index in [0.717, 1.165) is 52.9 Å². The fourth-order valence-electron chi connectivity index (χ4n) is 4.15. The lowest BCUT2D eigenvalue weighted by Crippen LogP contribution is -2.16. The summed E-state index contributed by atoms with van der Waals surface area (Å²) in [4.78, 5) is 22.7. The number of fused-ring (bicyclic) bond motifs is 3. The average Bonchev–Trinajstić information content (AvgIpc) is 2.92. The van der Waals surface area contributed by atoms with Crippen LogP contribution in [0, 0.1) is 5.82 Å². The van der Waals surface area contributed by atoms with Crippen molar-refractivity contribution in [1.82, 2.24) is 9.97 Å². The monoisotopic (exact) mass is 404 g/mol. The van der Waals surface area contributed by atoms with Gasteiger partial charge in [0.25, 0.3) is 0 Å². The van der Waals surface area contributed by atoms with Crippen molar-refractivity contribution in [3.8, 4) is 22.5 Å². The molecule has 4 nitrogen and oxygen atoms in total. The highest BCUT2D eigenvalue weighted by Gasteiger charge is 2.30. The summed E-state index contributed by atoms with van der Waals surface area (Å²) in [6.45, 7) is 6.10. The predicted octanol–water partition coefficient (Wildman–Crippen LogP) is 5.74. The Labute approximate surface area is 176 Å². The van der Waals surface area contributed by atoms with E-state index in [1.165, 1.54) is 12.1 Å². The average molecular weight is 404 g/mol. The Kier molecular flexibility index (Phi) is 5.62. The molecule has 0 bridgehead atoms. The van der Waals surface area contributed by atoms with E-state index in [-0.39, 0.29) is 24.3 Å². The van der Waals surface area contributed by atoms with E-state index in [4.69, 9.17) is 9.72 Å². The van der Waals surface area contributed by atoms with Crippen LogP contribution in [0.15, 0.2) is 42.6 Å². The molecule has 154 valence electrons. The Balaban J connectivity index is 2.11. The van der Waals surface area contributed by atoms with Crippen molar-refractivity contribution in [1.29, 1.82) is 0 Å². The Morgan fingerprint density at radius 3 is 2.60 bits per heavy atom. The number of pyridine rings is 2. The molecule has 0 atom stereocenters. The van der Waals surface area contributed by atoms with Crippen molar-refractivity contribution in [2.24, 2.45) is 0 Å². The summed E-state index contributed by atoms with van der Waals surface area (Å²) in [5, 5.41) is 0. The summed E-state index contributed by atoms with van der Waals surface area (Å²) >= 11 is 0. The molecule has 1 aromatic carbocycles. The number of rotatable bonds is 4. The topological polar surface area (TPSA) is 52.1 Å². The number of nitrogens with zero attached hydrogens (tertiary/aromatic N) is 2. The van der Waals surface area contributed by atoms with Crippen molar-refractivity contribution < 1.29 is 13.9 Å². The van der Waals surface area contributed by atoms with Crippen molar-refractivity contribution in [2.45, 2.75) is 46.0 Å². The molecule has 2 aromatic heterocycles. The zero-order valence-electron chi connectivity index (χ0n) is 17.5. The Hall–Kier alpha value is -3.08. The smallest absolute Gasteiger partial charge is 0.340 e. The highest BCUT2D eigenvalue weighted by Crippen LogP contribution is 2.40. The van der Waals surface area contributed by atoms with E-state index in [0.29, 0.717) is 11.3 Å². The minimum atomic E-state index is -0.388. The van der Waals surface area contributed by atoms with Crippen LogP contribution in [0.25, 0.3) is 22.5 Å². The summed E-state index contributed by atoms with van der Waals surface area (Å²) in [5.41, 5.74) is 6.57. The first-order valence-electron chi connectivity index (χ1n) is 10.4. The minimum absolute atomic E-state index is 0.00400. The number of carbonyl (C=O) groups excluding carboxylic acids is 1. The van der Waals surface area contributed by atoms with Crippen molar-refractivity contribution in [3.63, 3.8) is 0 Å². The largest absolute Gasteiger partial charge is 0.462 e. The van der Waals surface area contributed by atoms with Gasteiger partial charge in [0, 0.05) is 11.8 Å². The maximum absolute atomic E-state index is 13.7. The third-order valence-electron chi connectivity index (χ3n) is 5.47. The predicted molar refractivity (Wildman–Crippen MR) is 115 cm³/mol. The third kappa shape index (κ3) is 3.60. The van der Waals surface area contributed by atoms with Gasteiger partial charge in [-0.2, -0.15) is 0 Å². The van der Waals surface area contributed by atoms with Crippen molar-refractivity contribution >= 4 is 5.97 Å². The molecule has 4 rings (SSSR count). The fourth-order valence-corrected chi connectivity index (χ4v) is 4.15.